The van der Waals surface area contributed by atoms with Crippen molar-refractivity contribution in [1.82, 2.24) is 5.32 Å². The number of hydrogen-bond acceptors (Lipinski definition) is 2. The third kappa shape index (κ3) is 3.81. The molecule has 0 radical (unpaired) electrons. The molecule has 1 aromatic heterocycles. The standard InChI is InChI=1S/C13H10Br2ClNOS/c1-7(8-2-4-9(16)5-3-8)17-13(18)11-6-10(14)12(15)19-11/h2-7H,1H3,(H,17,18). The second-order valence-electron chi connectivity index (χ2n) is 3.98. The number of carbonyl (C=O) groups excluding carboxylic acids is 1. The smallest absolute Gasteiger partial charge is 0.261 e. The minimum Gasteiger partial charge on any atom is -0.345 e. The van der Waals surface area contributed by atoms with E-state index in [-0.39, 0.29) is 11.9 Å². The van der Waals surface area contributed by atoms with Crippen LogP contribution in [-0.2, 0) is 0 Å². The van der Waals surface area contributed by atoms with E-state index in [0.717, 1.165) is 13.8 Å². The molecule has 0 aliphatic heterocycles. The first-order chi connectivity index (χ1) is 8.97. The summed E-state index contributed by atoms with van der Waals surface area (Å²) in [5, 5.41) is 3.65. The third-order valence-corrected chi connectivity index (χ3v) is 6.09. The number of carbonyl (C=O) groups is 1. The minimum absolute atomic E-state index is 0.0654. The van der Waals surface area contributed by atoms with Crippen LogP contribution >= 0.6 is 54.8 Å². The fraction of sp³-hybridized carbons (Fsp3) is 0.154. The summed E-state index contributed by atoms with van der Waals surface area (Å²) in [7, 11) is 0. The van der Waals surface area contributed by atoms with Crippen LogP contribution in [0.3, 0.4) is 0 Å². The topological polar surface area (TPSA) is 29.1 Å². The zero-order valence-electron chi connectivity index (χ0n) is 9.91. The Labute approximate surface area is 137 Å². The fourth-order valence-electron chi connectivity index (χ4n) is 1.56. The molecule has 2 aromatic rings. The summed E-state index contributed by atoms with van der Waals surface area (Å²) in [6, 6.07) is 9.19. The number of amides is 1. The van der Waals surface area contributed by atoms with E-state index in [4.69, 9.17) is 11.6 Å². The van der Waals surface area contributed by atoms with E-state index in [1.54, 1.807) is 6.07 Å². The number of thiophene rings is 1. The van der Waals surface area contributed by atoms with Gasteiger partial charge >= 0.3 is 0 Å². The molecule has 1 unspecified atom stereocenters. The van der Waals surface area contributed by atoms with Crippen LogP contribution < -0.4 is 5.32 Å². The second kappa shape index (κ2) is 6.39. The summed E-state index contributed by atoms with van der Waals surface area (Å²) in [5.41, 5.74) is 1.02. The highest BCUT2D eigenvalue weighted by atomic mass is 79.9. The van der Waals surface area contributed by atoms with Gasteiger partial charge in [-0.2, -0.15) is 0 Å². The van der Waals surface area contributed by atoms with Crippen LogP contribution in [0.1, 0.15) is 28.2 Å². The molecule has 1 atom stereocenters. The normalized spacial score (nSPS) is 12.2. The number of nitrogens with one attached hydrogen (secondary N) is 1. The Morgan fingerprint density at radius 1 is 1.32 bits per heavy atom. The van der Waals surface area contributed by atoms with E-state index in [9.17, 15) is 4.79 Å². The van der Waals surface area contributed by atoms with Gasteiger partial charge in [0.05, 0.1) is 14.7 Å². The van der Waals surface area contributed by atoms with Crippen molar-refractivity contribution in [3.63, 3.8) is 0 Å². The van der Waals surface area contributed by atoms with Crippen LogP contribution in [0.15, 0.2) is 38.6 Å². The van der Waals surface area contributed by atoms with Gasteiger partial charge in [-0.15, -0.1) is 11.3 Å². The predicted molar refractivity (Wildman–Crippen MR) is 87.1 cm³/mol. The summed E-state index contributed by atoms with van der Waals surface area (Å²) in [6.07, 6.45) is 0. The van der Waals surface area contributed by atoms with Crippen molar-refractivity contribution in [1.29, 1.82) is 0 Å². The second-order valence-corrected chi connectivity index (χ2v) is 7.64. The lowest BCUT2D eigenvalue weighted by molar-refractivity contribution is 0.0944. The molecule has 100 valence electrons. The summed E-state index contributed by atoms with van der Waals surface area (Å²) in [6.45, 7) is 1.94. The largest absolute Gasteiger partial charge is 0.345 e. The summed E-state index contributed by atoms with van der Waals surface area (Å²) < 4.78 is 1.80. The molecule has 0 aliphatic rings. The molecule has 1 heterocycles. The quantitative estimate of drug-likeness (QED) is 0.702. The molecule has 0 spiro atoms. The Bertz CT molecular complexity index is 578. The number of rotatable bonds is 3. The maximum Gasteiger partial charge on any atom is 0.261 e. The molecule has 1 amide bonds. The highest BCUT2D eigenvalue weighted by Crippen LogP contribution is 2.32. The first-order valence-electron chi connectivity index (χ1n) is 5.48. The van der Waals surface area contributed by atoms with Crippen LogP contribution in [0.4, 0.5) is 0 Å². The zero-order chi connectivity index (χ0) is 14.0. The monoisotopic (exact) mass is 421 g/mol. The predicted octanol–water partition coefficient (Wildman–Crippen LogP) is 5.42. The molecule has 0 bridgehead atoms. The van der Waals surface area contributed by atoms with Gasteiger partial charge in [0, 0.05) is 9.50 Å². The van der Waals surface area contributed by atoms with E-state index in [1.807, 2.05) is 31.2 Å². The first-order valence-corrected chi connectivity index (χ1v) is 8.26. The van der Waals surface area contributed by atoms with Crippen LogP contribution in [0, 0.1) is 0 Å². The number of hydrogen-bond donors (Lipinski definition) is 1. The Morgan fingerprint density at radius 2 is 1.95 bits per heavy atom. The molecule has 2 nitrogen and oxygen atoms in total. The van der Waals surface area contributed by atoms with Crippen molar-refractivity contribution in [2.45, 2.75) is 13.0 Å². The van der Waals surface area contributed by atoms with Crippen LogP contribution in [0.2, 0.25) is 5.02 Å². The van der Waals surface area contributed by atoms with Gasteiger partial charge in [0.25, 0.3) is 5.91 Å². The Hall–Kier alpha value is -0.360. The van der Waals surface area contributed by atoms with Gasteiger partial charge < -0.3 is 5.32 Å². The van der Waals surface area contributed by atoms with E-state index in [0.29, 0.717) is 9.90 Å². The first kappa shape index (κ1) is 15.0. The summed E-state index contributed by atoms with van der Waals surface area (Å²) in [4.78, 5) is 12.8. The van der Waals surface area contributed by atoms with Gasteiger partial charge in [0.1, 0.15) is 0 Å². The highest BCUT2D eigenvalue weighted by molar-refractivity contribution is 9.13. The van der Waals surface area contributed by atoms with Crippen molar-refractivity contribution in [2.75, 3.05) is 0 Å². The van der Waals surface area contributed by atoms with Crippen molar-refractivity contribution < 1.29 is 4.79 Å². The Kier molecular flexibility index (Phi) is 5.06. The molecule has 19 heavy (non-hydrogen) atoms. The van der Waals surface area contributed by atoms with Gasteiger partial charge in [-0.05, 0) is 62.5 Å². The van der Waals surface area contributed by atoms with E-state index in [1.165, 1.54) is 11.3 Å². The molecular weight excluding hydrogens is 413 g/mol. The lowest BCUT2D eigenvalue weighted by Gasteiger charge is -2.13. The number of halogens is 3. The van der Waals surface area contributed by atoms with Gasteiger partial charge in [-0.1, -0.05) is 23.7 Å². The molecular formula is C13H10Br2ClNOS. The van der Waals surface area contributed by atoms with Gasteiger partial charge in [-0.3, -0.25) is 4.79 Å². The summed E-state index contributed by atoms with van der Waals surface area (Å²) >= 11 is 14.0. The van der Waals surface area contributed by atoms with Crippen molar-refractivity contribution >= 4 is 60.7 Å². The molecule has 0 saturated carbocycles. The third-order valence-electron chi connectivity index (χ3n) is 2.59. The van der Waals surface area contributed by atoms with E-state index >= 15 is 0 Å². The summed E-state index contributed by atoms with van der Waals surface area (Å²) in [5.74, 6) is -0.0844. The van der Waals surface area contributed by atoms with E-state index in [2.05, 4.69) is 37.2 Å². The van der Waals surface area contributed by atoms with E-state index < -0.39 is 0 Å². The molecule has 0 saturated heterocycles. The molecule has 0 aliphatic carbocycles. The average molecular weight is 424 g/mol. The molecule has 1 aromatic carbocycles. The molecule has 6 heteroatoms. The Balaban J connectivity index is 2.08. The van der Waals surface area contributed by atoms with Crippen molar-refractivity contribution in [3.8, 4) is 0 Å². The van der Waals surface area contributed by atoms with Crippen molar-refractivity contribution in [3.05, 3.63) is 54.1 Å². The van der Waals surface area contributed by atoms with Gasteiger partial charge in [0.2, 0.25) is 0 Å². The fourth-order valence-corrected chi connectivity index (χ4v) is 3.63. The van der Waals surface area contributed by atoms with Crippen LogP contribution in [0.25, 0.3) is 0 Å². The maximum atomic E-state index is 12.1. The molecule has 1 N–H and O–H groups in total. The lowest BCUT2D eigenvalue weighted by Crippen LogP contribution is -2.25. The van der Waals surface area contributed by atoms with Gasteiger partial charge in [-0.25, -0.2) is 0 Å². The van der Waals surface area contributed by atoms with Crippen LogP contribution in [-0.4, -0.2) is 5.91 Å². The zero-order valence-corrected chi connectivity index (χ0v) is 14.7. The molecule has 2 rings (SSSR count). The lowest BCUT2D eigenvalue weighted by atomic mass is 10.1. The minimum atomic E-state index is -0.0844. The SMILES string of the molecule is CC(NC(=O)c1cc(Br)c(Br)s1)c1ccc(Cl)cc1. The van der Waals surface area contributed by atoms with Crippen molar-refractivity contribution in [2.24, 2.45) is 0 Å². The number of benzene rings is 1. The molecule has 0 fully saturated rings. The average Bonchev–Trinajstić information content (AvgIpc) is 2.70. The van der Waals surface area contributed by atoms with Crippen LogP contribution in [0.5, 0.6) is 0 Å². The van der Waals surface area contributed by atoms with Gasteiger partial charge in [0.15, 0.2) is 0 Å². The Morgan fingerprint density at radius 3 is 2.47 bits per heavy atom. The highest BCUT2D eigenvalue weighted by Gasteiger charge is 2.15. The maximum absolute atomic E-state index is 12.1.